The summed E-state index contributed by atoms with van der Waals surface area (Å²) < 4.78 is 0. The third-order valence-electron chi connectivity index (χ3n) is 3.93. The van der Waals surface area contributed by atoms with E-state index in [1.165, 1.54) is 38.5 Å². The molecule has 0 spiro atoms. The average molecular weight is 182 g/mol. The molecule has 0 heteroatoms. The summed E-state index contributed by atoms with van der Waals surface area (Å²) in [4.78, 5) is 0. The second-order valence-corrected chi connectivity index (χ2v) is 5.77. The van der Waals surface area contributed by atoms with Crippen LogP contribution in [0.1, 0.15) is 66.2 Å². The van der Waals surface area contributed by atoms with Crippen molar-refractivity contribution < 1.29 is 0 Å². The molecule has 1 rings (SSSR count). The van der Waals surface area contributed by atoms with Crippen LogP contribution in [-0.2, 0) is 0 Å². The van der Waals surface area contributed by atoms with E-state index in [-0.39, 0.29) is 0 Å². The average Bonchev–Trinajstić information content (AvgIpc) is 2.04. The molecule has 1 aliphatic carbocycles. The Kier molecular flexibility index (Phi) is 3.82. The molecular weight excluding hydrogens is 156 g/mol. The van der Waals surface area contributed by atoms with Crippen molar-refractivity contribution in [2.75, 3.05) is 0 Å². The first-order valence-corrected chi connectivity index (χ1v) is 6.05. The lowest BCUT2D eigenvalue weighted by Crippen LogP contribution is -2.24. The molecule has 0 nitrogen and oxygen atoms in total. The lowest BCUT2D eigenvalue weighted by Gasteiger charge is -2.37. The maximum atomic E-state index is 2.45. The van der Waals surface area contributed by atoms with Crippen molar-refractivity contribution >= 4 is 0 Å². The van der Waals surface area contributed by atoms with Gasteiger partial charge in [0.05, 0.1) is 0 Å². The molecule has 0 aromatic rings. The Bertz CT molecular complexity index is 136. The van der Waals surface area contributed by atoms with Crippen LogP contribution in [0.25, 0.3) is 0 Å². The fourth-order valence-corrected chi connectivity index (χ4v) is 2.68. The van der Waals surface area contributed by atoms with Gasteiger partial charge in [-0.25, -0.2) is 0 Å². The Morgan fingerprint density at radius 2 is 1.77 bits per heavy atom. The maximum absolute atomic E-state index is 2.45. The smallest absolute Gasteiger partial charge is 0.0354 e. The monoisotopic (exact) mass is 182 g/mol. The van der Waals surface area contributed by atoms with Gasteiger partial charge in [0.2, 0.25) is 0 Å². The first kappa shape index (κ1) is 11.1. The Hall–Kier alpha value is 0. The molecule has 0 bridgehead atoms. The molecule has 1 atom stereocenters. The SMILES string of the molecule is CCCC(C)C1CCC(C)(C)CC1. The van der Waals surface area contributed by atoms with Crippen molar-refractivity contribution in [2.24, 2.45) is 17.3 Å². The molecule has 0 N–H and O–H groups in total. The third kappa shape index (κ3) is 3.32. The number of rotatable bonds is 3. The van der Waals surface area contributed by atoms with E-state index in [9.17, 15) is 0 Å². The van der Waals surface area contributed by atoms with Gasteiger partial charge in [0.15, 0.2) is 0 Å². The van der Waals surface area contributed by atoms with Crippen LogP contribution in [0.5, 0.6) is 0 Å². The van der Waals surface area contributed by atoms with Crippen molar-refractivity contribution in [1.29, 1.82) is 0 Å². The predicted octanol–water partition coefficient (Wildman–Crippen LogP) is 4.64. The van der Waals surface area contributed by atoms with Gasteiger partial charge in [0, 0.05) is 0 Å². The van der Waals surface area contributed by atoms with E-state index in [0.29, 0.717) is 5.41 Å². The van der Waals surface area contributed by atoms with E-state index in [4.69, 9.17) is 0 Å². The van der Waals surface area contributed by atoms with Crippen LogP contribution in [0.4, 0.5) is 0 Å². The minimum Gasteiger partial charge on any atom is -0.0654 e. The normalized spacial score (nSPS) is 25.8. The highest BCUT2D eigenvalue weighted by molar-refractivity contribution is 4.80. The van der Waals surface area contributed by atoms with Gasteiger partial charge in [-0.15, -0.1) is 0 Å². The van der Waals surface area contributed by atoms with Crippen LogP contribution in [0, 0.1) is 17.3 Å². The summed E-state index contributed by atoms with van der Waals surface area (Å²) in [7, 11) is 0. The molecule has 78 valence electrons. The molecule has 1 aliphatic rings. The summed E-state index contributed by atoms with van der Waals surface area (Å²) >= 11 is 0. The van der Waals surface area contributed by atoms with Crippen LogP contribution >= 0.6 is 0 Å². The van der Waals surface area contributed by atoms with Crippen LogP contribution in [0.3, 0.4) is 0 Å². The van der Waals surface area contributed by atoms with Crippen molar-refractivity contribution in [2.45, 2.75) is 66.2 Å². The highest BCUT2D eigenvalue weighted by atomic mass is 14.3. The van der Waals surface area contributed by atoms with Crippen LogP contribution < -0.4 is 0 Å². The van der Waals surface area contributed by atoms with E-state index in [1.54, 1.807) is 0 Å². The molecule has 0 aliphatic heterocycles. The summed E-state index contributed by atoms with van der Waals surface area (Å²) in [5.41, 5.74) is 0.641. The second-order valence-electron chi connectivity index (χ2n) is 5.77. The van der Waals surface area contributed by atoms with Crippen molar-refractivity contribution in [3.63, 3.8) is 0 Å². The first-order chi connectivity index (χ1) is 6.05. The highest BCUT2D eigenvalue weighted by Crippen LogP contribution is 2.41. The van der Waals surface area contributed by atoms with Gasteiger partial charge in [0.1, 0.15) is 0 Å². The zero-order valence-corrected chi connectivity index (χ0v) is 9.90. The van der Waals surface area contributed by atoms with E-state index in [1.807, 2.05) is 0 Å². The molecule has 13 heavy (non-hydrogen) atoms. The predicted molar refractivity (Wildman–Crippen MR) is 59.8 cm³/mol. The minimum absolute atomic E-state index is 0.641. The van der Waals surface area contributed by atoms with Crippen LogP contribution in [-0.4, -0.2) is 0 Å². The third-order valence-corrected chi connectivity index (χ3v) is 3.93. The molecule has 0 amide bonds. The van der Waals surface area contributed by atoms with E-state index in [0.717, 1.165) is 11.8 Å². The quantitative estimate of drug-likeness (QED) is 0.596. The second kappa shape index (κ2) is 4.48. The fraction of sp³-hybridized carbons (Fsp3) is 1.00. The van der Waals surface area contributed by atoms with Crippen molar-refractivity contribution in [1.82, 2.24) is 0 Å². The Balaban J connectivity index is 2.32. The summed E-state index contributed by atoms with van der Waals surface area (Å²) in [6.07, 6.45) is 8.66. The van der Waals surface area contributed by atoms with E-state index in [2.05, 4.69) is 27.7 Å². The molecule has 0 saturated heterocycles. The molecule has 0 aromatic heterocycles. The highest BCUT2D eigenvalue weighted by Gasteiger charge is 2.28. The standard InChI is InChI=1S/C13H26/c1-5-6-11(2)12-7-9-13(3,4)10-8-12/h11-12H,5-10H2,1-4H3. The van der Waals surface area contributed by atoms with Crippen LogP contribution in [0.15, 0.2) is 0 Å². The summed E-state index contributed by atoms with van der Waals surface area (Å²) in [5.74, 6) is 2.01. The summed E-state index contributed by atoms with van der Waals surface area (Å²) in [6.45, 7) is 9.61. The van der Waals surface area contributed by atoms with Gasteiger partial charge in [-0.1, -0.05) is 40.5 Å². The maximum Gasteiger partial charge on any atom is -0.0354 e. The van der Waals surface area contributed by atoms with Crippen molar-refractivity contribution in [3.8, 4) is 0 Å². The van der Waals surface area contributed by atoms with Gasteiger partial charge in [-0.05, 0) is 42.9 Å². The number of hydrogen-bond acceptors (Lipinski definition) is 0. The summed E-state index contributed by atoms with van der Waals surface area (Å²) in [5, 5.41) is 0. The zero-order chi connectivity index (χ0) is 9.90. The molecule has 1 saturated carbocycles. The molecule has 0 radical (unpaired) electrons. The first-order valence-electron chi connectivity index (χ1n) is 6.05. The molecule has 0 aromatic carbocycles. The van der Waals surface area contributed by atoms with Gasteiger partial charge in [-0.3, -0.25) is 0 Å². The fourth-order valence-electron chi connectivity index (χ4n) is 2.68. The minimum atomic E-state index is 0.641. The zero-order valence-electron chi connectivity index (χ0n) is 9.90. The Morgan fingerprint density at radius 3 is 2.23 bits per heavy atom. The van der Waals surface area contributed by atoms with Gasteiger partial charge < -0.3 is 0 Å². The lowest BCUT2D eigenvalue weighted by atomic mass is 9.69. The van der Waals surface area contributed by atoms with E-state index >= 15 is 0 Å². The van der Waals surface area contributed by atoms with Crippen LogP contribution in [0.2, 0.25) is 0 Å². The lowest BCUT2D eigenvalue weighted by molar-refractivity contribution is 0.150. The molecule has 0 heterocycles. The number of hydrogen-bond donors (Lipinski definition) is 0. The molecular formula is C13H26. The summed E-state index contributed by atoms with van der Waals surface area (Å²) in [6, 6.07) is 0. The van der Waals surface area contributed by atoms with Crippen molar-refractivity contribution in [3.05, 3.63) is 0 Å². The Labute approximate surface area is 84.1 Å². The Morgan fingerprint density at radius 1 is 1.23 bits per heavy atom. The van der Waals surface area contributed by atoms with Gasteiger partial charge in [-0.2, -0.15) is 0 Å². The van der Waals surface area contributed by atoms with Gasteiger partial charge in [0.25, 0.3) is 0 Å². The molecule has 1 fully saturated rings. The largest absolute Gasteiger partial charge is 0.0654 e. The van der Waals surface area contributed by atoms with E-state index < -0.39 is 0 Å². The molecule has 1 unspecified atom stereocenters. The topological polar surface area (TPSA) is 0 Å². The van der Waals surface area contributed by atoms with Gasteiger partial charge >= 0.3 is 0 Å².